The Bertz CT molecular complexity index is 975. The number of amides is 1. The van der Waals surface area contributed by atoms with E-state index in [9.17, 15) is 4.79 Å². The molecule has 160 valence electrons. The number of benzene rings is 2. The molecule has 1 amide bonds. The van der Waals surface area contributed by atoms with E-state index in [1.54, 1.807) is 0 Å². The molecule has 1 unspecified atom stereocenters. The Labute approximate surface area is 179 Å². The zero-order chi connectivity index (χ0) is 21.5. The van der Waals surface area contributed by atoms with Gasteiger partial charge in [-0.2, -0.15) is 0 Å². The van der Waals surface area contributed by atoms with E-state index in [1.165, 1.54) is 0 Å². The molecular formula is C25H33N3O2. The summed E-state index contributed by atoms with van der Waals surface area (Å²) in [5, 5.41) is 3.17. The van der Waals surface area contributed by atoms with Crippen molar-refractivity contribution in [2.45, 2.75) is 59.5 Å². The number of aromatic nitrogens is 2. The van der Waals surface area contributed by atoms with Crippen LogP contribution in [-0.4, -0.2) is 22.1 Å². The number of fused-ring (bicyclic) bond motifs is 1. The van der Waals surface area contributed by atoms with Gasteiger partial charge in [-0.05, 0) is 56.9 Å². The van der Waals surface area contributed by atoms with Gasteiger partial charge in [-0.3, -0.25) is 4.79 Å². The highest BCUT2D eigenvalue weighted by Crippen LogP contribution is 2.23. The van der Waals surface area contributed by atoms with Crippen LogP contribution in [0.25, 0.3) is 11.0 Å². The molecule has 1 N–H and O–H groups in total. The van der Waals surface area contributed by atoms with Gasteiger partial charge in [-0.1, -0.05) is 44.2 Å². The van der Waals surface area contributed by atoms with Gasteiger partial charge in [-0.15, -0.1) is 0 Å². The fourth-order valence-corrected chi connectivity index (χ4v) is 3.84. The fourth-order valence-electron chi connectivity index (χ4n) is 3.84. The monoisotopic (exact) mass is 407 g/mol. The molecule has 0 radical (unpaired) electrons. The number of para-hydroxylation sites is 3. The molecule has 0 fully saturated rings. The van der Waals surface area contributed by atoms with Crippen LogP contribution in [0.3, 0.4) is 0 Å². The molecular weight excluding hydrogens is 374 g/mol. The maximum Gasteiger partial charge on any atom is 0.223 e. The Hall–Kier alpha value is -2.82. The molecule has 30 heavy (non-hydrogen) atoms. The zero-order valence-corrected chi connectivity index (χ0v) is 18.5. The zero-order valence-electron chi connectivity index (χ0n) is 18.5. The highest BCUT2D eigenvalue weighted by atomic mass is 16.5. The Morgan fingerprint density at radius 1 is 1.10 bits per heavy atom. The lowest BCUT2D eigenvalue weighted by Gasteiger charge is -2.19. The molecule has 1 atom stereocenters. The van der Waals surface area contributed by atoms with E-state index < -0.39 is 0 Å². The van der Waals surface area contributed by atoms with E-state index in [2.05, 4.69) is 42.8 Å². The smallest absolute Gasteiger partial charge is 0.223 e. The summed E-state index contributed by atoms with van der Waals surface area (Å²) >= 11 is 0. The van der Waals surface area contributed by atoms with Gasteiger partial charge in [0.25, 0.3) is 0 Å². The van der Waals surface area contributed by atoms with Gasteiger partial charge in [0.15, 0.2) is 0 Å². The van der Waals surface area contributed by atoms with Crippen molar-refractivity contribution in [1.82, 2.24) is 14.9 Å². The molecule has 5 nitrogen and oxygen atoms in total. The SMILES string of the molecule is CCC(CC)C(=O)NC(C)c1nc2ccccc2n1CCCOc1ccccc1C. The molecule has 1 aromatic heterocycles. The van der Waals surface area contributed by atoms with E-state index in [-0.39, 0.29) is 17.9 Å². The summed E-state index contributed by atoms with van der Waals surface area (Å²) in [6.45, 7) is 9.60. The number of aryl methyl sites for hydroxylation is 2. The molecule has 0 aliphatic carbocycles. The van der Waals surface area contributed by atoms with Gasteiger partial charge in [0.05, 0.1) is 23.7 Å². The van der Waals surface area contributed by atoms with Crippen LogP contribution in [0.4, 0.5) is 0 Å². The number of rotatable bonds is 10. The Morgan fingerprint density at radius 3 is 2.53 bits per heavy atom. The van der Waals surface area contributed by atoms with Crippen LogP contribution in [0.1, 0.15) is 57.5 Å². The molecule has 0 aliphatic rings. The van der Waals surface area contributed by atoms with Crippen LogP contribution >= 0.6 is 0 Å². The molecule has 0 saturated carbocycles. The molecule has 1 heterocycles. The highest BCUT2D eigenvalue weighted by molar-refractivity contribution is 5.79. The van der Waals surface area contributed by atoms with Crippen molar-refractivity contribution in [3.05, 3.63) is 59.9 Å². The predicted octanol–water partition coefficient (Wildman–Crippen LogP) is 5.43. The minimum absolute atomic E-state index is 0.0489. The summed E-state index contributed by atoms with van der Waals surface area (Å²) in [4.78, 5) is 17.4. The van der Waals surface area contributed by atoms with Crippen LogP contribution in [-0.2, 0) is 11.3 Å². The van der Waals surface area contributed by atoms with E-state index in [1.807, 2.05) is 43.3 Å². The molecule has 3 aromatic rings. The first-order valence-corrected chi connectivity index (χ1v) is 11.0. The Morgan fingerprint density at radius 2 is 1.80 bits per heavy atom. The molecule has 0 saturated heterocycles. The van der Waals surface area contributed by atoms with Crippen molar-refractivity contribution in [3.63, 3.8) is 0 Å². The predicted molar refractivity (Wildman–Crippen MR) is 122 cm³/mol. The molecule has 0 spiro atoms. The van der Waals surface area contributed by atoms with Gasteiger partial charge in [0, 0.05) is 12.5 Å². The van der Waals surface area contributed by atoms with Gasteiger partial charge < -0.3 is 14.6 Å². The number of imidazole rings is 1. The van der Waals surface area contributed by atoms with E-state index in [0.29, 0.717) is 6.61 Å². The number of carbonyl (C=O) groups excluding carboxylic acids is 1. The van der Waals surface area contributed by atoms with Crippen molar-refractivity contribution in [2.75, 3.05) is 6.61 Å². The van der Waals surface area contributed by atoms with Crippen molar-refractivity contribution >= 4 is 16.9 Å². The lowest BCUT2D eigenvalue weighted by atomic mass is 10.0. The van der Waals surface area contributed by atoms with Gasteiger partial charge >= 0.3 is 0 Å². The molecule has 5 heteroatoms. The fraction of sp³-hybridized carbons (Fsp3) is 0.440. The van der Waals surface area contributed by atoms with Crippen LogP contribution < -0.4 is 10.1 Å². The molecule has 2 aromatic carbocycles. The number of hydrogen-bond acceptors (Lipinski definition) is 3. The Kier molecular flexibility index (Phi) is 7.50. The van der Waals surface area contributed by atoms with Crippen molar-refractivity contribution in [3.8, 4) is 5.75 Å². The van der Waals surface area contributed by atoms with Gasteiger partial charge in [0.2, 0.25) is 5.91 Å². The number of hydrogen-bond donors (Lipinski definition) is 1. The third-order valence-electron chi connectivity index (χ3n) is 5.66. The number of nitrogens with zero attached hydrogens (tertiary/aromatic N) is 2. The largest absolute Gasteiger partial charge is 0.493 e. The lowest BCUT2D eigenvalue weighted by molar-refractivity contribution is -0.125. The average molecular weight is 408 g/mol. The van der Waals surface area contributed by atoms with Crippen LogP contribution in [0.2, 0.25) is 0 Å². The summed E-state index contributed by atoms with van der Waals surface area (Å²) in [7, 11) is 0. The molecule has 3 rings (SSSR count). The third kappa shape index (κ3) is 5.02. The quantitative estimate of drug-likeness (QED) is 0.456. The third-order valence-corrected chi connectivity index (χ3v) is 5.66. The summed E-state index contributed by atoms with van der Waals surface area (Å²) < 4.78 is 8.19. The minimum Gasteiger partial charge on any atom is -0.493 e. The summed E-state index contributed by atoms with van der Waals surface area (Å²) in [6, 6.07) is 16.1. The summed E-state index contributed by atoms with van der Waals surface area (Å²) in [5.74, 6) is 1.98. The number of nitrogens with one attached hydrogen (secondary N) is 1. The topological polar surface area (TPSA) is 56.2 Å². The lowest BCUT2D eigenvalue weighted by Crippen LogP contribution is -2.33. The van der Waals surface area contributed by atoms with E-state index in [4.69, 9.17) is 9.72 Å². The van der Waals surface area contributed by atoms with E-state index >= 15 is 0 Å². The van der Waals surface area contributed by atoms with Crippen molar-refractivity contribution < 1.29 is 9.53 Å². The summed E-state index contributed by atoms with van der Waals surface area (Å²) in [5.41, 5.74) is 3.19. The van der Waals surface area contributed by atoms with Gasteiger partial charge in [-0.25, -0.2) is 4.98 Å². The van der Waals surface area contributed by atoms with Crippen molar-refractivity contribution in [2.24, 2.45) is 5.92 Å². The number of carbonyl (C=O) groups is 1. The second-order valence-electron chi connectivity index (χ2n) is 7.82. The highest BCUT2D eigenvalue weighted by Gasteiger charge is 2.21. The maximum absolute atomic E-state index is 12.6. The maximum atomic E-state index is 12.6. The minimum atomic E-state index is -0.150. The first-order valence-electron chi connectivity index (χ1n) is 11.0. The van der Waals surface area contributed by atoms with Crippen LogP contribution in [0.15, 0.2) is 48.5 Å². The van der Waals surface area contributed by atoms with Crippen molar-refractivity contribution in [1.29, 1.82) is 0 Å². The van der Waals surface area contributed by atoms with Crippen LogP contribution in [0, 0.1) is 12.8 Å². The summed E-state index contributed by atoms with van der Waals surface area (Å²) in [6.07, 6.45) is 2.55. The normalized spacial score (nSPS) is 12.3. The molecule has 0 aliphatic heterocycles. The second kappa shape index (κ2) is 10.3. The first-order chi connectivity index (χ1) is 14.5. The second-order valence-corrected chi connectivity index (χ2v) is 7.82. The Balaban J connectivity index is 1.73. The molecule has 0 bridgehead atoms. The number of ether oxygens (including phenoxy) is 1. The standard InChI is InChI=1S/C25H33N3O2/c1-5-20(6-2)25(29)26-19(4)24-27-21-13-8-9-14-22(21)28(24)16-11-17-30-23-15-10-7-12-18(23)3/h7-10,12-15,19-20H,5-6,11,16-17H2,1-4H3,(H,26,29). The first kappa shape index (κ1) is 21.9. The van der Waals surface area contributed by atoms with Gasteiger partial charge in [0.1, 0.15) is 11.6 Å². The van der Waals surface area contributed by atoms with Crippen LogP contribution in [0.5, 0.6) is 5.75 Å². The van der Waals surface area contributed by atoms with E-state index in [0.717, 1.165) is 54.0 Å². The average Bonchev–Trinajstić information content (AvgIpc) is 3.12.